The van der Waals surface area contributed by atoms with Gasteiger partial charge >= 0.3 is 5.97 Å². The molecule has 0 bridgehead atoms. The van der Waals surface area contributed by atoms with E-state index in [1.807, 2.05) is 0 Å². The fourth-order valence-electron chi connectivity index (χ4n) is 6.17. The van der Waals surface area contributed by atoms with E-state index in [2.05, 4.69) is 45.1 Å². The van der Waals surface area contributed by atoms with E-state index >= 15 is 0 Å². The molecule has 230 valence electrons. The van der Waals surface area contributed by atoms with Crippen LogP contribution in [-0.4, -0.2) is 56.5 Å². The third kappa shape index (κ3) is 11.1. The Hall–Kier alpha value is -0.920. The Balaban J connectivity index is 1.73. The molecule has 0 amide bonds. The van der Waals surface area contributed by atoms with Crippen LogP contribution in [0.25, 0.3) is 0 Å². The summed E-state index contributed by atoms with van der Waals surface area (Å²) in [5, 5.41) is 0.0425. The van der Waals surface area contributed by atoms with Gasteiger partial charge in [0.2, 0.25) is 0 Å². The van der Waals surface area contributed by atoms with Gasteiger partial charge in [-0.2, -0.15) is 0 Å². The third-order valence-corrected chi connectivity index (χ3v) is 9.28. The second kappa shape index (κ2) is 17.9. The molecule has 7 heteroatoms. The minimum absolute atomic E-state index is 0.00695. The Morgan fingerprint density at radius 2 is 1.75 bits per heavy atom. The lowest BCUT2D eigenvalue weighted by Crippen LogP contribution is -2.37. The van der Waals surface area contributed by atoms with Crippen molar-refractivity contribution >= 4 is 17.6 Å². The zero-order valence-electron chi connectivity index (χ0n) is 25.5. The lowest BCUT2D eigenvalue weighted by Gasteiger charge is -2.36. The molecule has 2 heterocycles. The van der Waals surface area contributed by atoms with Crippen LogP contribution in [0.2, 0.25) is 0 Å². The maximum atomic E-state index is 11.4. The second-order valence-corrected chi connectivity index (χ2v) is 13.0. The van der Waals surface area contributed by atoms with Gasteiger partial charge in [-0.05, 0) is 82.0 Å². The molecular weight excluding hydrogens is 528 g/mol. The monoisotopic (exact) mass is 582 g/mol. The summed E-state index contributed by atoms with van der Waals surface area (Å²) < 4.78 is 29.9. The first-order chi connectivity index (χ1) is 19.3. The second-order valence-electron chi connectivity index (χ2n) is 12.5. The first-order valence-corrected chi connectivity index (χ1v) is 16.4. The number of methoxy groups -OCH3 is 1. The van der Waals surface area contributed by atoms with E-state index in [1.165, 1.54) is 20.0 Å². The minimum Gasteiger partial charge on any atom is -0.469 e. The van der Waals surface area contributed by atoms with Crippen LogP contribution in [0.4, 0.5) is 0 Å². The molecule has 2 unspecified atom stereocenters. The smallest absolute Gasteiger partial charge is 0.305 e. The Morgan fingerprint density at radius 1 is 1.05 bits per heavy atom. The molecule has 0 aromatic heterocycles. The van der Waals surface area contributed by atoms with Gasteiger partial charge in [0.15, 0.2) is 12.6 Å². The quantitative estimate of drug-likeness (QED) is 0.104. The summed E-state index contributed by atoms with van der Waals surface area (Å²) in [5.41, 5.74) is -0.00695. The SMILES string of the molecule is CCCCC(C)(C)[C@@H](C=C[C@@H]1[C@@H](CCC=CCCC(=O)OC)[C@H](Cl)C[C@H]1OC1CCCCO1)OC1CCCCO1. The van der Waals surface area contributed by atoms with Crippen LogP contribution in [0.1, 0.15) is 111 Å². The Bertz CT molecular complexity index is 771. The molecule has 40 heavy (non-hydrogen) atoms. The van der Waals surface area contributed by atoms with E-state index in [1.54, 1.807) is 0 Å². The molecule has 0 spiro atoms. The summed E-state index contributed by atoms with van der Waals surface area (Å²) >= 11 is 7.02. The molecule has 0 N–H and O–H groups in total. The van der Waals surface area contributed by atoms with Crippen molar-refractivity contribution < 1.29 is 28.5 Å². The fraction of sp³-hybridized carbons (Fsp3) is 0.848. The Labute approximate surface area is 248 Å². The average molecular weight is 583 g/mol. The van der Waals surface area contributed by atoms with E-state index in [0.717, 1.165) is 77.4 Å². The van der Waals surface area contributed by atoms with Gasteiger partial charge in [-0.3, -0.25) is 4.79 Å². The molecule has 0 aromatic rings. The van der Waals surface area contributed by atoms with Crippen molar-refractivity contribution in [1.29, 1.82) is 0 Å². The van der Waals surface area contributed by atoms with Crippen LogP contribution in [0.15, 0.2) is 24.3 Å². The van der Waals surface area contributed by atoms with Crippen LogP contribution < -0.4 is 0 Å². The lowest BCUT2D eigenvalue weighted by molar-refractivity contribution is -0.198. The molecule has 3 aliphatic rings. The molecule has 1 aliphatic carbocycles. The van der Waals surface area contributed by atoms with Crippen molar-refractivity contribution in [3.63, 3.8) is 0 Å². The summed E-state index contributed by atoms with van der Waals surface area (Å²) in [5.74, 6) is 0.313. The summed E-state index contributed by atoms with van der Waals surface area (Å²) in [7, 11) is 1.43. The number of alkyl halides is 1. The van der Waals surface area contributed by atoms with E-state index in [9.17, 15) is 4.79 Å². The summed E-state index contributed by atoms with van der Waals surface area (Å²) in [6, 6.07) is 0. The van der Waals surface area contributed by atoms with Crippen LogP contribution >= 0.6 is 11.6 Å². The molecule has 3 rings (SSSR count). The van der Waals surface area contributed by atoms with E-state index in [-0.39, 0.29) is 47.5 Å². The number of halogens is 1. The zero-order chi connectivity index (χ0) is 28.8. The number of carbonyl (C=O) groups excluding carboxylic acids is 1. The van der Waals surface area contributed by atoms with Crippen molar-refractivity contribution in [3.05, 3.63) is 24.3 Å². The van der Waals surface area contributed by atoms with Gasteiger partial charge in [-0.25, -0.2) is 0 Å². The number of carbonyl (C=O) groups is 1. The highest BCUT2D eigenvalue weighted by Crippen LogP contribution is 2.43. The van der Waals surface area contributed by atoms with Crippen molar-refractivity contribution in [2.75, 3.05) is 20.3 Å². The number of rotatable bonds is 16. The maximum absolute atomic E-state index is 11.4. The van der Waals surface area contributed by atoms with Crippen LogP contribution in [0, 0.1) is 17.3 Å². The van der Waals surface area contributed by atoms with Gasteiger partial charge in [-0.15, -0.1) is 11.6 Å². The van der Waals surface area contributed by atoms with Gasteiger partial charge in [0.1, 0.15) is 0 Å². The van der Waals surface area contributed by atoms with Crippen molar-refractivity contribution in [2.24, 2.45) is 17.3 Å². The summed E-state index contributed by atoms with van der Waals surface area (Å²) in [6.07, 6.45) is 22.3. The van der Waals surface area contributed by atoms with Crippen molar-refractivity contribution in [1.82, 2.24) is 0 Å². The predicted molar refractivity (Wildman–Crippen MR) is 160 cm³/mol. The number of ether oxygens (including phenoxy) is 5. The molecule has 2 saturated heterocycles. The van der Waals surface area contributed by atoms with Gasteiger partial charge in [0.05, 0.1) is 19.3 Å². The highest BCUT2D eigenvalue weighted by molar-refractivity contribution is 6.21. The van der Waals surface area contributed by atoms with Gasteiger partial charge in [0.25, 0.3) is 0 Å². The molecule has 0 radical (unpaired) electrons. The minimum atomic E-state index is -0.173. The molecule has 2 aliphatic heterocycles. The fourth-order valence-corrected chi connectivity index (χ4v) is 6.64. The van der Waals surface area contributed by atoms with E-state index < -0.39 is 0 Å². The van der Waals surface area contributed by atoms with Crippen LogP contribution in [-0.2, 0) is 28.5 Å². The maximum Gasteiger partial charge on any atom is 0.305 e. The number of unbranched alkanes of at least 4 members (excludes halogenated alkanes) is 1. The van der Waals surface area contributed by atoms with E-state index in [4.69, 9.17) is 35.3 Å². The molecule has 1 saturated carbocycles. The van der Waals surface area contributed by atoms with Crippen LogP contribution in [0.5, 0.6) is 0 Å². The molecule has 6 nitrogen and oxygen atoms in total. The Kier molecular flexibility index (Phi) is 15.0. The standard InChI is InChI=1S/C33H55ClO6/c1-5-6-21-33(2,3)29(40-32-18-12-14-23-38-32)20-19-26-25(15-9-7-8-10-16-30(35)36-4)27(34)24-28(26)39-31-17-11-13-22-37-31/h7-8,19-20,25-29,31-32H,5-6,9-18,21-24H2,1-4H3/t25-,26-,27-,28-,29-,31?,32?/m1/s1. The molecular formula is C33H55ClO6. The zero-order valence-corrected chi connectivity index (χ0v) is 26.2. The largest absolute Gasteiger partial charge is 0.469 e. The van der Waals surface area contributed by atoms with E-state index in [0.29, 0.717) is 18.8 Å². The normalized spacial score (nSPS) is 30.7. The van der Waals surface area contributed by atoms with Gasteiger partial charge in [-0.1, -0.05) is 57.9 Å². The lowest BCUT2D eigenvalue weighted by atomic mass is 9.80. The van der Waals surface area contributed by atoms with Gasteiger partial charge < -0.3 is 23.7 Å². The van der Waals surface area contributed by atoms with Crippen molar-refractivity contribution in [3.8, 4) is 0 Å². The summed E-state index contributed by atoms with van der Waals surface area (Å²) in [6.45, 7) is 8.43. The number of allylic oxidation sites excluding steroid dienone is 2. The number of hydrogen-bond acceptors (Lipinski definition) is 6. The van der Waals surface area contributed by atoms with Crippen LogP contribution in [0.3, 0.4) is 0 Å². The molecule has 7 atom stereocenters. The Morgan fingerprint density at radius 3 is 2.40 bits per heavy atom. The average Bonchev–Trinajstić information content (AvgIpc) is 3.25. The first kappa shape index (κ1) is 33.6. The first-order valence-electron chi connectivity index (χ1n) is 15.9. The number of hydrogen-bond donors (Lipinski definition) is 0. The molecule has 0 aromatic carbocycles. The third-order valence-electron chi connectivity index (χ3n) is 8.78. The highest BCUT2D eigenvalue weighted by atomic mass is 35.5. The number of esters is 1. The predicted octanol–water partition coefficient (Wildman–Crippen LogP) is 8.12. The highest BCUT2D eigenvalue weighted by Gasteiger charge is 2.43. The molecule has 3 fully saturated rings. The summed E-state index contributed by atoms with van der Waals surface area (Å²) in [4.78, 5) is 11.4. The van der Waals surface area contributed by atoms with Gasteiger partial charge in [0, 0.05) is 30.9 Å². The topological polar surface area (TPSA) is 63.2 Å². The van der Waals surface area contributed by atoms with Crippen molar-refractivity contribution in [2.45, 2.75) is 141 Å².